The van der Waals surface area contributed by atoms with Gasteiger partial charge >= 0.3 is 0 Å². The van der Waals surface area contributed by atoms with E-state index in [0.717, 1.165) is 22.5 Å². The van der Waals surface area contributed by atoms with Gasteiger partial charge < -0.3 is 4.57 Å². The van der Waals surface area contributed by atoms with Crippen LogP contribution in [0.3, 0.4) is 0 Å². The first kappa shape index (κ1) is 14.0. The molecule has 3 aromatic rings. The summed E-state index contributed by atoms with van der Waals surface area (Å²) in [5.74, 6) is 0. The van der Waals surface area contributed by atoms with Crippen LogP contribution in [-0.2, 0) is 7.05 Å². The van der Waals surface area contributed by atoms with Gasteiger partial charge in [0.05, 0.1) is 11.9 Å². The van der Waals surface area contributed by atoms with Gasteiger partial charge in [0.1, 0.15) is 5.71 Å². The van der Waals surface area contributed by atoms with E-state index in [2.05, 4.69) is 10.2 Å². The van der Waals surface area contributed by atoms with Gasteiger partial charge in [-0.05, 0) is 12.1 Å². The highest BCUT2D eigenvalue weighted by Gasteiger charge is 2.05. The zero-order chi connectivity index (χ0) is 15.2. The third kappa shape index (κ3) is 3.20. The molecule has 0 saturated heterocycles. The molecule has 0 atom stereocenters. The predicted octanol–water partition coefficient (Wildman–Crippen LogP) is 3.90. The van der Waals surface area contributed by atoms with Crippen molar-refractivity contribution in [2.24, 2.45) is 17.3 Å². The fourth-order valence-electron chi connectivity index (χ4n) is 2.23. The Morgan fingerprint density at radius 1 is 0.818 bits per heavy atom. The first-order valence-electron chi connectivity index (χ1n) is 7.18. The van der Waals surface area contributed by atoms with Gasteiger partial charge in [0.25, 0.3) is 0 Å². The number of hydrogen-bond donors (Lipinski definition) is 0. The van der Waals surface area contributed by atoms with E-state index in [9.17, 15) is 0 Å². The second-order valence-electron chi connectivity index (χ2n) is 4.97. The molecular weight excluding hydrogens is 270 g/mol. The van der Waals surface area contributed by atoms with Crippen molar-refractivity contribution in [2.45, 2.75) is 0 Å². The van der Waals surface area contributed by atoms with E-state index in [4.69, 9.17) is 0 Å². The molecule has 0 radical (unpaired) electrons. The van der Waals surface area contributed by atoms with Gasteiger partial charge in [-0.15, -0.1) is 5.10 Å². The molecule has 1 heterocycles. The quantitative estimate of drug-likeness (QED) is 0.514. The van der Waals surface area contributed by atoms with Crippen LogP contribution in [0.1, 0.15) is 16.8 Å². The van der Waals surface area contributed by atoms with E-state index < -0.39 is 0 Å². The fourth-order valence-corrected chi connectivity index (χ4v) is 2.23. The maximum absolute atomic E-state index is 4.45. The number of benzene rings is 2. The van der Waals surface area contributed by atoms with E-state index in [1.54, 1.807) is 6.21 Å². The smallest absolute Gasteiger partial charge is 0.100 e. The summed E-state index contributed by atoms with van der Waals surface area (Å²) in [5, 5.41) is 8.72. The second kappa shape index (κ2) is 6.68. The van der Waals surface area contributed by atoms with Crippen molar-refractivity contribution < 1.29 is 0 Å². The van der Waals surface area contributed by atoms with Gasteiger partial charge in [0.2, 0.25) is 0 Å². The lowest BCUT2D eigenvalue weighted by atomic mass is 10.0. The van der Waals surface area contributed by atoms with Crippen LogP contribution in [0.4, 0.5) is 0 Å². The first-order chi connectivity index (χ1) is 10.8. The Morgan fingerprint density at radius 2 is 1.41 bits per heavy atom. The summed E-state index contributed by atoms with van der Waals surface area (Å²) in [6.07, 6.45) is 3.76. The maximum Gasteiger partial charge on any atom is 0.100 e. The van der Waals surface area contributed by atoms with Gasteiger partial charge in [0, 0.05) is 24.4 Å². The van der Waals surface area contributed by atoms with Crippen LogP contribution in [0.15, 0.2) is 89.2 Å². The molecule has 2 aromatic carbocycles. The van der Waals surface area contributed by atoms with Gasteiger partial charge in [-0.3, -0.25) is 0 Å². The van der Waals surface area contributed by atoms with Crippen molar-refractivity contribution >= 4 is 11.9 Å². The summed E-state index contributed by atoms with van der Waals surface area (Å²) < 4.78 is 2.00. The minimum atomic E-state index is 0.867. The third-order valence-electron chi connectivity index (χ3n) is 3.43. The van der Waals surface area contributed by atoms with Crippen LogP contribution in [0.2, 0.25) is 0 Å². The van der Waals surface area contributed by atoms with Gasteiger partial charge in [-0.25, -0.2) is 0 Å². The summed E-state index contributed by atoms with van der Waals surface area (Å²) >= 11 is 0. The number of rotatable bonds is 4. The summed E-state index contributed by atoms with van der Waals surface area (Å²) in [7, 11) is 1.99. The lowest BCUT2D eigenvalue weighted by Gasteiger charge is -2.05. The number of hydrogen-bond acceptors (Lipinski definition) is 2. The van der Waals surface area contributed by atoms with Crippen LogP contribution < -0.4 is 0 Å². The molecule has 0 aliphatic carbocycles. The molecule has 0 N–H and O–H groups in total. The molecule has 1 aromatic heterocycles. The van der Waals surface area contributed by atoms with Gasteiger partial charge in [-0.2, -0.15) is 5.10 Å². The summed E-state index contributed by atoms with van der Waals surface area (Å²) in [6, 6.07) is 24.2. The molecule has 108 valence electrons. The Hall–Kier alpha value is -2.94. The van der Waals surface area contributed by atoms with Crippen molar-refractivity contribution in [3.63, 3.8) is 0 Å². The standard InChI is InChI=1S/C19H17N3/c1-22-14-8-13-18(22)15-20-21-19(16-9-4-2-5-10-16)17-11-6-3-7-12-17/h2-15H,1H3/b20-15+. The Balaban J connectivity index is 1.97. The van der Waals surface area contributed by atoms with E-state index >= 15 is 0 Å². The molecule has 22 heavy (non-hydrogen) atoms. The SMILES string of the molecule is Cn1cccc1/C=N/N=C(c1ccccc1)c1ccccc1. The normalized spacial score (nSPS) is 10.8. The number of aryl methyl sites for hydroxylation is 1. The molecule has 0 aliphatic rings. The minimum absolute atomic E-state index is 0.867. The molecule has 0 aliphatic heterocycles. The van der Waals surface area contributed by atoms with Crippen molar-refractivity contribution in [1.29, 1.82) is 0 Å². The Labute approximate surface area is 130 Å². The van der Waals surface area contributed by atoms with Crippen LogP contribution in [0, 0.1) is 0 Å². The molecule has 0 spiro atoms. The second-order valence-corrected chi connectivity index (χ2v) is 4.97. The van der Waals surface area contributed by atoms with Gasteiger partial charge in [-0.1, -0.05) is 60.7 Å². The lowest BCUT2D eigenvalue weighted by molar-refractivity contribution is 0.917. The molecule has 0 bridgehead atoms. The fraction of sp³-hybridized carbons (Fsp3) is 0.0526. The van der Waals surface area contributed by atoms with E-state index in [1.165, 1.54) is 0 Å². The van der Waals surface area contributed by atoms with Crippen LogP contribution in [0.25, 0.3) is 0 Å². The highest BCUT2D eigenvalue weighted by atomic mass is 15.2. The van der Waals surface area contributed by atoms with E-state index in [1.807, 2.05) is 90.6 Å². The molecule has 0 amide bonds. The predicted molar refractivity (Wildman–Crippen MR) is 91.5 cm³/mol. The lowest BCUT2D eigenvalue weighted by Crippen LogP contribution is -2.02. The van der Waals surface area contributed by atoms with Crippen LogP contribution in [-0.4, -0.2) is 16.5 Å². The average molecular weight is 287 g/mol. The summed E-state index contributed by atoms with van der Waals surface area (Å²) in [4.78, 5) is 0. The minimum Gasteiger partial charge on any atom is -0.350 e. The molecule has 3 rings (SSSR count). The average Bonchev–Trinajstić information content (AvgIpc) is 2.98. The topological polar surface area (TPSA) is 29.6 Å². The molecule has 0 saturated carbocycles. The Bertz CT molecular complexity index is 742. The maximum atomic E-state index is 4.45. The molecular formula is C19H17N3. The largest absolute Gasteiger partial charge is 0.350 e. The summed E-state index contributed by atoms with van der Waals surface area (Å²) in [6.45, 7) is 0. The number of nitrogens with zero attached hydrogens (tertiary/aromatic N) is 3. The zero-order valence-electron chi connectivity index (χ0n) is 12.4. The Kier molecular flexibility index (Phi) is 4.25. The van der Waals surface area contributed by atoms with Crippen molar-refractivity contribution in [1.82, 2.24) is 4.57 Å². The highest BCUT2D eigenvalue weighted by Crippen LogP contribution is 2.11. The van der Waals surface area contributed by atoms with Crippen molar-refractivity contribution in [2.75, 3.05) is 0 Å². The molecule has 0 unspecified atom stereocenters. The monoisotopic (exact) mass is 287 g/mol. The molecule has 3 nitrogen and oxygen atoms in total. The zero-order valence-corrected chi connectivity index (χ0v) is 12.4. The van der Waals surface area contributed by atoms with Crippen LogP contribution >= 0.6 is 0 Å². The third-order valence-corrected chi connectivity index (χ3v) is 3.43. The van der Waals surface area contributed by atoms with E-state index in [-0.39, 0.29) is 0 Å². The Morgan fingerprint density at radius 3 is 1.91 bits per heavy atom. The van der Waals surface area contributed by atoms with Crippen LogP contribution in [0.5, 0.6) is 0 Å². The van der Waals surface area contributed by atoms with Crippen molar-refractivity contribution in [3.8, 4) is 0 Å². The molecule has 0 fully saturated rings. The number of aromatic nitrogens is 1. The molecule has 3 heteroatoms. The summed E-state index contributed by atoms with van der Waals surface area (Å²) in [5.41, 5.74) is 3.99. The highest BCUT2D eigenvalue weighted by molar-refractivity contribution is 6.12. The first-order valence-corrected chi connectivity index (χ1v) is 7.18. The van der Waals surface area contributed by atoms with Crippen molar-refractivity contribution in [3.05, 3.63) is 95.8 Å². The van der Waals surface area contributed by atoms with E-state index in [0.29, 0.717) is 0 Å². The van der Waals surface area contributed by atoms with Gasteiger partial charge in [0.15, 0.2) is 0 Å².